The van der Waals surface area contributed by atoms with Crippen LogP contribution in [0.25, 0.3) is 0 Å². The third-order valence-electron chi connectivity index (χ3n) is 5.05. The molecular formula is C20H27N3O3. The number of aromatic nitrogens is 1. The van der Waals surface area contributed by atoms with Gasteiger partial charge in [0.2, 0.25) is 0 Å². The van der Waals surface area contributed by atoms with E-state index in [1.807, 2.05) is 32.0 Å². The first-order chi connectivity index (χ1) is 12.6. The van der Waals surface area contributed by atoms with Gasteiger partial charge >= 0.3 is 0 Å². The highest BCUT2D eigenvalue weighted by Gasteiger charge is 2.22. The van der Waals surface area contributed by atoms with E-state index < -0.39 is 0 Å². The number of benzene rings is 1. The Morgan fingerprint density at radius 3 is 2.69 bits per heavy atom. The number of rotatable bonds is 6. The van der Waals surface area contributed by atoms with Crippen molar-refractivity contribution < 1.29 is 14.1 Å². The smallest absolute Gasteiger partial charge is 0.255 e. The molecule has 26 heavy (non-hydrogen) atoms. The Balaban J connectivity index is 1.64. The number of ether oxygens (including phenoxy) is 1. The third-order valence-corrected chi connectivity index (χ3v) is 5.05. The molecule has 1 aliphatic heterocycles. The topological polar surface area (TPSA) is 67.6 Å². The normalized spacial score (nSPS) is 15.8. The fourth-order valence-corrected chi connectivity index (χ4v) is 3.29. The monoisotopic (exact) mass is 357 g/mol. The third kappa shape index (κ3) is 4.25. The average Bonchev–Trinajstić information content (AvgIpc) is 2.98. The van der Waals surface area contributed by atoms with Crippen LogP contribution < -0.4 is 10.1 Å². The molecule has 1 aromatic carbocycles. The second-order valence-electron chi connectivity index (χ2n) is 6.77. The van der Waals surface area contributed by atoms with E-state index in [0.717, 1.165) is 49.5 Å². The van der Waals surface area contributed by atoms with Gasteiger partial charge in [0.1, 0.15) is 18.1 Å². The second-order valence-corrected chi connectivity index (χ2v) is 6.77. The summed E-state index contributed by atoms with van der Waals surface area (Å²) in [6, 6.07) is 7.59. The minimum absolute atomic E-state index is 0.0747. The van der Waals surface area contributed by atoms with E-state index in [0.29, 0.717) is 17.9 Å². The molecular weight excluding hydrogens is 330 g/mol. The van der Waals surface area contributed by atoms with Gasteiger partial charge < -0.3 is 19.5 Å². The SMILES string of the molecule is CCN1CCC(NC(=O)c2ccccc2OCc2c(C)noc2C)CC1. The molecule has 0 radical (unpaired) electrons. The number of likely N-dealkylation sites (tertiary alicyclic amines) is 1. The number of carbonyl (C=O) groups excluding carboxylic acids is 1. The lowest BCUT2D eigenvalue weighted by Gasteiger charge is -2.31. The lowest BCUT2D eigenvalue weighted by Crippen LogP contribution is -2.44. The van der Waals surface area contributed by atoms with Crippen LogP contribution >= 0.6 is 0 Å². The lowest BCUT2D eigenvalue weighted by molar-refractivity contribution is 0.0908. The number of para-hydroxylation sites is 1. The molecule has 1 fully saturated rings. The molecule has 1 saturated heterocycles. The molecule has 3 rings (SSSR count). The fraction of sp³-hybridized carbons (Fsp3) is 0.500. The zero-order chi connectivity index (χ0) is 18.5. The first kappa shape index (κ1) is 18.5. The zero-order valence-electron chi connectivity index (χ0n) is 15.7. The summed E-state index contributed by atoms with van der Waals surface area (Å²) in [5.41, 5.74) is 2.30. The molecule has 2 heterocycles. The molecule has 1 N–H and O–H groups in total. The van der Waals surface area contributed by atoms with Crippen LogP contribution in [-0.2, 0) is 6.61 Å². The predicted octanol–water partition coefficient (Wildman–Crippen LogP) is 3.08. The van der Waals surface area contributed by atoms with E-state index in [1.165, 1.54) is 0 Å². The van der Waals surface area contributed by atoms with Gasteiger partial charge in [-0.05, 0) is 45.4 Å². The number of amides is 1. The molecule has 0 spiro atoms. The number of piperidine rings is 1. The first-order valence-corrected chi connectivity index (χ1v) is 9.25. The Kier molecular flexibility index (Phi) is 5.93. The van der Waals surface area contributed by atoms with Crippen LogP contribution in [-0.4, -0.2) is 41.6 Å². The van der Waals surface area contributed by atoms with E-state index in [1.54, 1.807) is 6.07 Å². The molecule has 0 saturated carbocycles. The molecule has 2 aromatic rings. The van der Waals surface area contributed by atoms with Crippen molar-refractivity contribution in [2.24, 2.45) is 0 Å². The molecule has 1 aromatic heterocycles. The Hall–Kier alpha value is -2.34. The minimum Gasteiger partial charge on any atom is -0.488 e. The number of nitrogens with zero attached hydrogens (tertiary/aromatic N) is 2. The summed E-state index contributed by atoms with van der Waals surface area (Å²) in [5.74, 6) is 1.25. The average molecular weight is 357 g/mol. The van der Waals surface area contributed by atoms with Crippen molar-refractivity contribution in [3.05, 3.63) is 46.8 Å². The van der Waals surface area contributed by atoms with Gasteiger partial charge in [0.05, 0.1) is 16.8 Å². The fourth-order valence-electron chi connectivity index (χ4n) is 3.29. The molecule has 6 heteroatoms. The van der Waals surface area contributed by atoms with Crippen molar-refractivity contribution in [1.29, 1.82) is 0 Å². The van der Waals surface area contributed by atoms with Gasteiger partial charge in [-0.1, -0.05) is 24.2 Å². The van der Waals surface area contributed by atoms with Crippen LogP contribution in [0.4, 0.5) is 0 Å². The van der Waals surface area contributed by atoms with Gasteiger partial charge in [0, 0.05) is 19.1 Å². The maximum absolute atomic E-state index is 12.7. The van der Waals surface area contributed by atoms with Crippen molar-refractivity contribution in [2.45, 2.75) is 46.3 Å². The highest BCUT2D eigenvalue weighted by molar-refractivity contribution is 5.97. The van der Waals surface area contributed by atoms with Gasteiger partial charge in [-0.15, -0.1) is 0 Å². The molecule has 1 aliphatic rings. The maximum Gasteiger partial charge on any atom is 0.255 e. The highest BCUT2D eigenvalue weighted by Crippen LogP contribution is 2.22. The standard InChI is InChI=1S/C20H27N3O3/c1-4-23-11-9-16(10-12-23)21-20(24)17-7-5-6-8-19(17)25-13-18-14(2)22-26-15(18)3/h5-8,16H,4,9-13H2,1-3H3,(H,21,24). The molecule has 1 amide bonds. The van der Waals surface area contributed by atoms with Crippen molar-refractivity contribution in [3.8, 4) is 5.75 Å². The summed E-state index contributed by atoms with van der Waals surface area (Å²) in [6.07, 6.45) is 1.98. The number of hydrogen-bond donors (Lipinski definition) is 1. The van der Waals surface area contributed by atoms with Crippen molar-refractivity contribution in [1.82, 2.24) is 15.4 Å². The first-order valence-electron chi connectivity index (χ1n) is 9.25. The van der Waals surface area contributed by atoms with Crippen LogP contribution in [0.2, 0.25) is 0 Å². The second kappa shape index (κ2) is 8.36. The number of hydrogen-bond acceptors (Lipinski definition) is 5. The Labute approximate surface area is 154 Å². The molecule has 0 atom stereocenters. The Morgan fingerprint density at radius 1 is 1.31 bits per heavy atom. The lowest BCUT2D eigenvalue weighted by atomic mass is 10.0. The number of carbonyl (C=O) groups is 1. The van der Waals surface area contributed by atoms with Crippen LogP contribution in [0.3, 0.4) is 0 Å². The van der Waals surface area contributed by atoms with Crippen LogP contribution in [0, 0.1) is 13.8 Å². The Bertz CT molecular complexity index is 729. The zero-order valence-corrected chi connectivity index (χ0v) is 15.7. The van der Waals surface area contributed by atoms with Crippen molar-refractivity contribution in [2.75, 3.05) is 19.6 Å². The maximum atomic E-state index is 12.7. The summed E-state index contributed by atoms with van der Waals surface area (Å²) in [7, 11) is 0. The molecule has 0 aliphatic carbocycles. The van der Waals surface area contributed by atoms with Crippen LogP contribution in [0.1, 0.15) is 47.1 Å². The molecule has 6 nitrogen and oxygen atoms in total. The number of nitrogens with one attached hydrogen (secondary N) is 1. The van der Waals surface area contributed by atoms with E-state index in [4.69, 9.17) is 9.26 Å². The molecule has 140 valence electrons. The van der Waals surface area contributed by atoms with E-state index in [9.17, 15) is 4.79 Å². The van der Waals surface area contributed by atoms with Crippen LogP contribution in [0.5, 0.6) is 5.75 Å². The predicted molar refractivity (Wildman–Crippen MR) is 99.4 cm³/mol. The van der Waals surface area contributed by atoms with E-state index in [-0.39, 0.29) is 11.9 Å². The van der Waals surface area contributed by atoms with E-state index >= 15 is 0 Å². The van der Waals surface area contributed by atoms with Gasteiger partial charge in [-0.3, -0.25) is 4.79 Å². The molecule has 0 bridgehead atoms. The van der Waals surface area contributed by atoms with Crippen LogP contribution in [0.15, 0.2) is 28.8 Å². The minimum atomic E-state index is -0.0747. The summed E-state index contributed by atoms with van der Waals surface area (Å²) in [4.78, 5) is 15.2. The summed E-state index contributed by atoms with van der Waals surface area (Å²) >= 11 is 0. The quantitative estimate of drug-likeness (QED) is 0.860. The van der Waals surface area contributed by atoms with Crippen molar-refractivity contribution >= 4 is 5.91 Å². The van der Waals surface area contributed by atoms with Gasteiger partial charge in [-0.25, -0.2) is 0 Å². The summed E-state index contributed by atoms with van der Waals surface area (Å²) in [5, 5.41) is 7.10. The van der Waals surface area contributed by atoms with Gasteiger partial charge in [0.15, 0.2) is 0 Å². The Morgan fingerprint density at radius 2 is 2.04 bits per heavy atom. The number of aryl methyl sites for hydroxylation is 2. The largest absolute Gasteiger partial charge is 0.488 e. The summed E-state index contributed by atoms with van der Waals surface area (Å²) < 4.78 is 11.1. The van der Waals surface area contributed by atoms with E-state index in [2.05, 4.69) is 22.3 Å². The highest BCUT2D eigenvalue weighted by atomic mass is 16.5. The van der Waals surface area contributed by atoms with Gasteiger partial charge in [-0.2, -0.15) is 0 Å². The van der Waals surface area contributed by atoms with Crippen molar-refractivity contribution in [3.63, 3.8) is 0 Å². The van der Waals surface area contributed by atoms with Gasteiger partial charge in [0.25, 0.3) is 5.91 Å². The summed E-state index contributed by atoms with van der Waals surface area (Å²) in [6.45, 7) is 9.39. The molecule has 0 unspecified atom stereocenters.